The smallest absolute Gasteiger partial charge is 0.139 e. The summed E-state index contributed by atoms with van der Waals surface area (Å²) in [6, 6.07) is 10.1. The van der Waals surface area contributed by atoms with Gasteiger partial charge in [-0.1, -0.05) is 18.2 Å². The van der Waals surface area contributed by atoms with Crippen molar-refractivity contribution in [1.29, 1.82) is 0 Å². The van der Waals surface area contributed by atoms with E-state index < -0.39 is 22.4 Å². The van der Waals surface area contributed by atoms with Crippen molar-refractivity contribution in [2.75, 3.05) is 12.4 Å². The number of halogens is 2. The highest BCUT2D eigenvalue weighted by Gasteiger charge is 2.12. The third kappa shape index (κ3) is 4.09. The first-order valence-electron chi connectivity index (χ1n) is 6.36. The maximum Gasteiger partial charge on any atom is 0.139 e. The summed E-state index contributed by atoms with van der Waals surface area (Å²) >= 11 is 0. The van der Waals surface area contributed by atoms with Crippen molar-refractivity contribution in [2.24, 2.45) is 5.73 Å². The Bertz CT molecular complexity index is 649. The van der Waals surface area contributed by atoms with Crippen molar-refractivity contribution >= 4 is 10.8 Å². The van der Waals surface area contributed by atoms with Gasteiger partial charge in [0.25, 0.3) is 0 Å². The van der Waals surface area contributed by atoms with Gasteiger partial charge in [-0.15, -0.1) is 0 Å². The summed E-state index contributed by atoms with van der Waals surface area (Å²) in [5, 5.41) is 0. The Balaban J connectivity index is 1.97. The van der Waals surface area contributed by atoms with Crippen LogP contribution < -0.4 is 10.5 Å². The SMILES string of the molecule is NCc1ccccc1OCCS(=O)c1cc(F)ccc1F. The number of para-hydroxylation sites is 1. The lowest BCUT2D eigenvalue weighted by atomic mass is 10.2. The second-order valence-electron chi connectivity index (χ2n) is 4.28. The van der Waals surface area contributed by atoms with Crippen LogP contribution in [0.15, 0.2) is 47.4 Å². The van der Waals surface area contributed by atoms with Crippen molar-refractivity contribution in [3.63, 3.8) is 0 Å². The zero-order chi connectivity index (χ0) is 15.2. The molecule has 0 radical (unpaired) electrons. The summed E-state index contributed by atoms with van der Waals surface area (Å²) in [6.45, 7) is 0.456. The quantitative estimate of drug-likeness (QED) is 0.892. The van der Waals surface area contributed by atoms with Gasteiger partial charge in [-0.3, -0.25) is 4.21 Å². The first-order valence-corrected chi connectivity index (χ1v) is 7.68. The zero-order valence-corrected chi connectivity index (χ0v) is 12.0. The summed E-state index contributed by atoms with van der Waals surface area (Å²) in [5.41, 5.74) is 6.41. The summed E-state index contributed by atoms with van der Waals surface area (Å²) in [4.78, 5) is -0.147. The number of rotatable bonds is 6. The van der Waals surface area contributed by atoms with Crippen LogP contribution in [0.5, 0.6) is 5.75 Å². The van der Waals surface area contributed by atoms with Crippen LogP contribution >= 0.6 is 0 Å². The minimum Gasteiger partial charge on any atom is -0.492 e. The maximum absolute atomic E-state index is 13.5. The molecule has 2 rings (SSSR count). The fourth-order valence-corrected chi connectivity index (χ4v) is 2.79. The van der Waals surface area contributed by atoms with Gasteiger partial charge in [0.1, 0.15) is 24.0 Å². The highest BCUT2D eigenvalue weighted by atomic mass is 32.2. The second-order valence-corrected chi connectivity index (χ2v) is 5.82. The minimum atomic E-state index is -1.66. The molecule has 0 saturated heterocycles. The molecule has 2 aromatic rings. The van der Waals surface area contributed by atoms with Crippen molar-refractivity contribution in [1.82, 2.24) is 0 Å². The van der Waals surface area contributed by atoms with E-state index in [1.165, 1.54) is 0 Å². The molecule has 0 aliphatic heterocycles. The van der Waals surface area contributed by atoms with Crippen molar-refractivity contribution in [3.8, 4) is 5.75 Å². The van der Waals surface area contributed by atoms with E-state index >= 15 is 0 Å². The van der Waals surface area contributed by atoms with E-state index in [0.29, 0.717) is 12.3 Å². The van der Waals surface area contributed by atoms with Gasteiger partial charge >= 0.3 is 0 Å². The fraction of sp³-hybridized carbons (Fsp3) is 0.200. The van der Waals surface area contributed by atoms with E-state index in [4.69, 9.17) is 10.5 Å². The summed E-state index contributed by atoms with van der Waals surface area (Å²) in [7, 11) is -1.66. The number of ether oxygens (including phenoxy) is 1. The fourth-order valence-electron chi connectivity index (χ4n) is 1.80. The van der Waals surface area contributed by atoms with Gasteiger partial charge in [0.2, 0.25) is 0 Å². The van der Waals surface area contributed by atoms with E-state index in [2.05, 4.69) is 0 Å². The van der Waals surface area contributed by atoms with Crippen LogP contribution in [0.4, 0.5) is 8.78 Å². The molecule has 0 saturated carbocycles. The predicted octanol–water partition coefficient (Wildman–Crippen LogP) is 2.61. The molecule has 1 unspecified atom stereocenters. The van der Waals surface area contributed by atoms with Gasteiger partial charge in [-0.05, 0) is 24.3 Å². The van der Waals surface area contributed by atoms with Gasteiger partial charge < -0.3 is 10.5 Å². The molecule has 0 spiro atoms. The lowest BCUT2D eigenvalue weighted by Crippen LogP contribution is -2.11. The molecule has 2 aromatic carbocycles. The molecule has 0 amide bonds. The zero-order valence-electron chi connectivity index (χ0n) is 11.2. The van der Waals surface area contributed by atoms with Crippen LogP contribution in [0, 0.1) is 11.6 Å². The minimum absolute atomic E-state index is 0.0687. The molecule has 0 aliphatic carbocycles. The van der Waals surface area contributed by atoms with Crippen molar-refractivity contribution < 1.29 is 17.7 Å². The lowest BCUT2D eigenvalue weighted by Gasteiger charge is -2.10. The maximum atomic E-state index is 13.5. The number of benzene rings is 2. The summed E-state index contributed by atoms with van der Waals surface area (Å²) in [6.07, 6.45) is 0. The molecule has 0 heterocycles. The summed E-state index contributed by atoms with van der Waals surface area (Å²) < 4.78 is 44.0. The standard InChI is InChI=1S/C15H15F2NO2S/c16-12-5-6-13(17)15(9-12)21(19)8-7-20-14-4-2-1-3-11(14)10-18/h1-6,9H,7-8,10,18H2. The van der Waals surface area contributed by atoms with E-state index in [1.54, 1.807) is 12.1 Å². The average molecular weight is 311 g/mol. The predicted molar refractivity (Wildman–Crippen MR) is 77.5 cm³/mol. The Labute approximate surface area is 124 Å². The van der Waals surface area contributed by atoms with Crippen LogP contribution in [-0.4, -0.2) is 16.6 Å². The Hall–Kier alpha value is -1.79. The molecule has 6 heteroatoms. The number of nitrogens with two attached hydrogens (primary N) is 1. The monoisotopic (exact) mass is 311 g/mol. The Morgan fingerprint density at radius 2 is 1.90 bits per heavy atom. The van der Waals surface area contributed by atoms with E-state index in [1.807, 2.05) is 12.1 Å². The molecule has 3 nitrogen and oxygen atoms in total. The van der Waals surface area contributed by atoms with Crippen molar-refractivity contribution in [2.45, 2.75) is 11.4 Å². The largest absolute Gasteiger partial charge is 0.492 e. The van der Waals surface area contributed by atoms with Gasteiger partial charge in [-0.2, -0.15) is 0 Å². The number of hydrogen-bond donors (Lipinski definition) is 1. The Morgan fingerprint density at radius 3 is 2.67 bits per heavy atom. The van der Waals surface area contributed by atoms with Gasteiger partial charge in [0.15, 0.2) is 0 Å². The third-order valence-electron chi connectivity index (χ3n) is 2.86. The molecular weight excluding hydrogens is 296 g/mol. The van der Waals surface area contributed by atoms with Crippen molar-refractivity contribution in [3.05, 3.63) is 59.7 Å². The van der Waals surface area contributed by atoms with E-state index in [-0.39, 0.29) is 17.3 Å². The highest BCUT2D eigenvalue weighted by molar-refractivity contribution is 7.85. The molecule has 1 atom stereocenters. The molecule has 112 valence electrons. The average Bonchev–Trinajstić information content (AvgIpc) is 2.50. The molecule has 2 N–H and O–H groups in total. The molecule has 0 aromatic heterocycles. The Morgan fingerprint density at radius 1 is 1.14 bits per heavy atom. The topological polar surface area (TPSA) is 52.3 Å². The molecule has 21 heavy (non-hydrogen) atoms. The normalized spacial score (nSPS) is 12.1. The molecule has 0 aliphatic rings. The number of hydrogen-bond acceptors (Lipinski definition) is 3. The van der Waals surface area contributed by atoms with Crippen LogP contribution in [-0.2, 0) is 17.3 Å². The molecule has 0 fully saturated rings. The second kappa shape index (κ2) is 7.28. The van der Waals surface area contributed by atoms with Gasteiger partial charge in [0, 0.05) is 12.1 Å². The molecule has 0 bridgehead atoms. The Kier molecular flexibility index (Phi) is 5.41. The van der Waals surface area contributed by atoms with E-state index in [0.717, 1.165) is 23.8 Å². The lowest BCUT2D eigenvalue weighted by molar-refractivity contribution is 0.339. The van der Waals surface area contributed by atoms with Gasteiger partial charge in [-0.25, -0.2) is 8.78 Å². The first-order chi connectivity index (χ1) is 10.1. The van der Waals surface area contributed by atoms with Crippen LogP contribution in [0.25, 0.3) is 0 Å². The van der Waals surface area contributed by atoms with E-state index in [9.17, 15) is 13.0 Å². The molecular formula is C15H15F2NO2S. The van der Waals surface area contributed by atoms with Crippen LogP contribution in [0.2, 0.25) is 0 Å². The highest BCUT2D eigenvalue weighted by Crippen LogP contribution is 2.18. The summed E-state index contributed by atoms with van der Waals surface area (Å²) in [5.74, 6) is -0.623. The van der Waals surface area contributed by atoms with Crippen LogP contribution in [0.1, 0.15) is 5.56 Å². The first kappa shape index (κ1) is 15.6. The third-order valence-corrected chi connectivity index (χ3v) is 4.20. The van der Waals surface area contributed by atoms with Gasteiger partial charge in [0.05, 0.1) is 21.4 Å². The van der Waals surface area contributed by atoms with Crippen LogP contribution in [0.3, 0.4) is 0 Å².